The average molecular weight is 415 g/mol. The predicted octanol–water partition coefficient (Wildman–Crippen LogP) is 4.55. The summed E-state index contributed by atoms with van der Waals surface area (Å²) in [4.78, 5) is 25.1. The smallest absolute Gasteiger partial charge is 0.291 e. The minimum atomic E-state index is -0.289. The summed E-state index contributed by atoms with van der Waals surface area (Å²) in [6.07, 6.45) is 2.58. The van der Waals surface area contributed by atoms with Crippen LogP contribution < -0.4 is 10.7 Å². The Morgan fingerprint density at radius 3 is 2.48 bits per heavy atom. The van der Waals surface area contributed by atoms with E-state index in [4.69, 9.17) is 4.42 Å². The van der Waals surface area contributed by atoms with Gasteiger partial charge in [0.05, 0.1) is 12.1 Å². The van der Waals surface area contributed by atoms with Crippen molar-refractivity contribution in [3.63, 3.8) is 0 Å². The van der Waals surface area contributed by atoms with Gasteiger partial charge < -0.3 is 9.73 Å². The number of amides is 2. The van der Waals surface area contributed by atoms with Crippen LogP contribution in [0.4, 0.5) is 5.69 Å². The van der Waals surface area contributed by atoms with Gasteiger partial charge in [-0.25, -0.2) is 5.43 Å². The van der Waals surface area contributed by atoms with Crippen LogP contribution in [0.5, 0.6) is 0 Å². The quantitative estimate of drug-likeness (QED) is 0.600. The average Bonchev–Trinajstić information content (AvgIpc) is 3.12. The molecule has 3 aromatic rings. The van der Waals surface area contributed by atoms with Gasteiger partial charge in [-0.15, -0.1) is 0 Å². The fourth-order valence-corrected chi connectivity index (χ4v) is 3.77. The van der Waals surface area contributed by atoms with Crippen LogP contribution in [0.1, 0.15) is 51.4 Å². The number of rotatable bonds is 5. The highest BCUT2D eigenvalue weighted by molar-refractivity contribution is 6.09. The Hall–Kier alpha value is -3.67. The molecule has 2 aromatic carbocycles. The van der Waals surface area contributed by atoms with Crippen molar-refractivity contribution in [3.8, 4) is 0 Å². The third-order valence-electron chi connectivity index (χ3n) is 5.36. The molecule has 1 aliphatic carbocycles. The zero-order valence-electron chi connectivity index (χ0n) is 17.7. The van der Waals surface area contributed by atoms with E-state index in [0.717, 1.165) is 53.0 Å². The number of benzene rings is 2. The van der Waals surface area contributed by atoms with Crippen LogP contribution in [0.2, 0.25) is 0 Å². The van der Waals surface area contributed by atoms with Gasteiger partial charge in [-0.1, -0.05) is 48.0 Å². The Bertz CT molecular complexity index is 1130. The Labute approximate surface area is 181 Å². The van der Waals surface area contributed by atoms with Crippen molar-refractivity contribution in [1.82, 2.24) is 5.43 Å². The standard InChI is InChI=1S/C25H25N3O3/c1-16-11-13-19(14-12-16)26-25(30)24-17(2)23-20(9-6-10-21(23)31-24)27-28-22(29)15-18-7-4-3-5-8-18/h3-5,7-8,11-14H,6,9-10,15H2,1-2H3,(H,26,30)(H,28,29)/b27-20+. The number of hydrogen-bond donors (Lipinski definition) is 2. The van der Waals surface area contributed by atoms with Crippen molar-refractivity contribution in [1.29, 1.82) is 0 Å². The normalized spacial score (nSPS) is 14.2. The van der Waals surface area contributed by atoms with E-state index in [-0.39, 0.29) is 24.0 Å². The number of nitrogens with zero attached hydrogens (tertiary/aromatic N) is 1. The van der Waals surface area contributed by atoms with Gasteiger partial charge in [-0.2, -0.15) is 5.10 Å². The van der Waals surface area contributed by atoms with E-state index in [9.17, 15) is 9.59 Å². The Balaban J connectivity index is 1.51. The monoisotopic (exact) mass is 415 g/mol. The molecule has 31 heavy (non-hydrogen) atoms. The van der Waals surface area contributed by atoms with Gasteiger partial charge in [0.1, 0.15) is 5.76 Å². The van der Waals surface area contributed by atoms with Crippen molar-refractivity contribution in [2.24, 2.45) is 5.10 Å². The molecule has 6 heteroatoms. The second kappa shape index (κ2) is 9.00. The van der Waals surface area contributed by atoms with E-state index >= 15 is 0 Å². The number of hydrazone groups is 1. The Kier molecular flexibility index (Phi) is 5.98. The first-order valence-electron chi connectivity index (χ1n) is 10.4. The highest BCUT2D eigenvalue weighted by atomic mass is 16.4. The summed E-state index contributed by atoms with van der Waals surface area (Å²) in [5.74, 6) is 0.567. The molecule has 4 rings (SSSR count). The van der Waals surface area contributed by atoms with E-state index in [1.54, 1.807) is 0 Å². The van der Waals surface area contributed by atoms with Crippen LogP contribution in [0.15, 0.2) is 64.1 Å². The van der Waals surface area contributed by atoms with Crippen molar-refractivity contribution >= 4 is 23.2 Å². The molecular formula is C25H25N3O3. The predicted molar refractivity (Wildman–Crippen MR) is 120 cm³/mol. The lowest BCUT2D eigenvalue weighted by Crippen LogP contribution is -2.23. The van der Waals surface area contributed by atoms with Gasteiger partial charge in [-0.3, -0.25) is 9.59 Å². The van der Waals surface area contributed by atoms with Crippen LogP contribution in [-0.2, 0) is 17.6 Å². The van der Waals surface area contributed by atoms with Crippen LogP contribution >= 0.6 is 0 Å². The van der Waals surface area contributed by atoms with Crippen molar-refractivity contribution in [2.45, 2.75) is 39.5 Å². The third-order valence-corrected chi connectivity index (χ3v) is 5.36. The lowest BCUT2D eigenvalue weighted by molar-refractivity contribution is -0.120. The van der Waals surface area contributed by atoms with Gasteiger partial charge >= 0.3 is 0 Å². The van der Waals surface area contributed by atoms with Crippen LogP contribution in [0.3, 0.4) is 0 Å². The molecule has 158 valence electrons. The van der Waals surface area contributed by atoms with E-state index < -0.39 is 0 Å². The molecular weight excluding hydrogens is 390 g/mol. The highest BCUT2D eigenvalue weighted by Gasteiger charge is 2.28. The molecule has 0 fully saturated rings. The first-order valence-corrected chi connectivity index (χ1v) is 10.4. The molecule has 0 aliphatic heterocycles. The number of anilines is 1. The SMILES string of the molecule is Cc1ccc(NC(=O)c2oc3c(c2C)/C(=N/NC(=O)Cc2ccccc2)CCC3)cc1. The summed E-state index contributed by atoms with van der Waals surface area (Å²) in [5.41, 5.74) is 7.75. The molecule has 0 bridgehead atoms. The van der Waals surface area contributed by atoms with E-state index in [1.807, 2.05) is 68.4 Å². The van der Waals surface area contributed by atoms with E-state index in [0.29, 0.717) is 5.69 Å². The van der Waals surface area contributed by atoms with Gasteiger partial charge in [-0.05, 0) is 44.4 Å². The minimum absolute atomic E-state index is 0.177. The lowest BCUT2D eigenvalue weighted by atomic mass is 9.93. The molecule has 1 aromatic heterocycles. The van der Waals surface area contributed by atoms with Crippen LogP contribution in [0, 0.1) is 13.8 Å². The summed E-state index contributed by atoms with van der Waals surface area (Å²) >= 11 is 0. The number of nitrogens with one attached hydrogen (secondary N) is 2. The molecule has 1 heterocycles. The van der Waals surface area contributed by atoms with Crippen molar-refractivity contribution < 1.29 is 14.0 Å². The second-order valence-corrected chi connectivity index (χ2v) is 7.78. The summed E-state index contributed by atoms with van der Waals surface area (Å²) in [6.45, 7) is 3.86. The number of aryl methyl sites for hydroxylation is 2. The van der Waals surface area contributed by atoms with Gasteiger partial charge in [0.25, 0.3) is 5.91 Å². The zero-order chi connectivity index (χ0) is 21.8. The van der Waals surface area contributed by atoms with Gasteiger partial charge in [0.2, 0.25) is 5.91 Å². The molecule has 6 nitrogen and oxygen atoms in total. The second-order valence-electron chi connectivity index (χ2n) is 7.78. The van der Waals surface area contributed by atoms with Crippen LogP contribution in [0.25, 0.3) is 0 Å². The number of hydrogen-bond acceptors (Lipinski definition) is 4. The number of fused-ring (bicyclic) bond motifs is 1. The number of carbonyl (C=O) groups is 2. The van der Waals surface area contributed by atoms with Gasteiger partial charge in [0.15, 0.2) is 5.76 Å². The maximum Gasteiger partial charge on any atom is 0.291 e. The first-order chi connectivity index (χ1) is 15.0. The number of furan rings is 1. The largest absolute Gasteiger partial charge is 0.455 e. The maximum atomic E-state index is 12.8. The molecule has 0 atom stereocenters. The summed E-state index contributed by atoms with van der Waals surface area (Å²) < 4.78 is 5.92. The minimum Gasteiger partial charge on any atom is -0.455 e. The molecule has 0 unspecified atom stereocenters. The van der Waals surface area contributed by atoms with Crippen LogP contribution in [-0.4, -0.2) is 17.5 Å². The summed E-state index contributed by atoms with van der Waals surface area (Å²) in [6, 6.07) is 17.1. The first kappa shape index (κ1) is 20.6. The Morgan fingerprint density at radius 2 is 1.74 bits per heavy atom. The Morgan fingerprint density at radius 1 is 1.00 bits per heavy atom. The topological polar surface area (TPSA) is 83.7 Å². The molecule has 0 radical (unpaired) electrons. The maximum absolute atomic E-state index is 12.8. The highest BCUT2D eigenvalue weighted by Crippen LogP contribution is 2.30. The lowest BCUT2D eigenvalue weighted by Gasteiger charge is -2.13. The molecule has 0 saturated carbocycles. The summed E-state index contributed by atoms with van der Waals surface area (Å²) in [7, 11) is 0. The zero-order valence-corrected chi connectivity index (χ0v) is 17.7. The molecule has 0 saturated heterocycles. The third kappa shape index (κ3) is 4.74. The van der Waals surface area contributed by atoms with Gasteiger partial charge in [0, 0.05) is 23.2 Å². The molecule has 2 N–H and O–H groups in total. The van der Waals surface area contributed by atoms with E-state index in [1.165, 1.54) is 0 Å². The molecule has 2 amide bonds. The molecule has 1 aliphatic rings. The van der Waals surface area contributed by atoms with Crippen molar-refractivity contribution in [3.05, 3.63) is 88.4 Å². The van der Waals surface area contributed by atoms with E-state index in [2.05, 4.69) is 15.8 Å². The number of carbonyl (C=O) groups excluding carboxylic acids is 2. The molecule has 0 spiro atoms. The summed E-state index contributed by atoms with van der Waals surface area (Å²) in [5, 5.41) is 7.26. The van der Waals surface area contributed by atoms with Crippen molar-refractivity contribution in [2.75, 3.05) is 5.32 Å². The fraction of sp³-hybridized carbons (Fsp3) is 0.240. The fourth-order valence-electron chi connectivity index (χ4n) is 3.77.